The van der Waals surface area contributed by atoms with Gasteiger partial charge < -0.3 is 19.3 Å². The van der Waals surface area contributed by atoms with Crippen LogP contribution < -0.4 is 15.3 Å². The molecule has 41 heavy (non-hydrogen) atoms. The number of halogens is 2. The minimum absolute atomic E-state index is 0.0655. The lowest BCUT2D eigenvalue weighted by molar-refractivity contribution is 0.128. The highest BCUT2D eigenvalue weighted by Crippen LogP contribution is 2.43. The third-order valence-corrected chi connectivity index (χ3v) is 7.94. The van der Waals surface area contributed by atoms with Gasteiger partial charge in [0.25, 0.3) is 0 Å². The second-order valence-corrected chi connectivity index (χ2v) is 11.8. The van der Waals surface area contributed by atoms with Gasteiger partial charge >= 0.3 is 5.69 Å². The fourth-order valence-corrected chi connectivity index (χ4v) is 5.71. The number of aromatic hydroxyl groups is 1. The molecular formula is C32H36ClFN4O3. The highest BCUT2D eigenvalue weighted by molar-refractivity contribution is 6.33. The van der Waals surface area contributed by atoms with E-state index < -0.39 is 5.82 Å². The number of rotatable bonds is 6. The molecule has 4 aromatic rings. The molecule has 1 aliphatic rings. The molecule has 9 heteroatoms. The Morgan fingerprint density at radius 1 is 0.976 bits per heavy atom. The van der Waals surface area contributed by atoms with Gasteiger partial charge in [0.1, 0.15) is 23.0 Å². The zero-order valence-corrected chi connectivity index (χ0v) is 24.9. The van der Waals surface area contributed by atoms with Crippen LogP contribution in [0.1, 0.15) is 27.7 Å². The third-order valence-electron chi connectivity index (χ3n) is 7.65. The molecule has 1 saturated heterocycles. The number of phenols is 1. The van der Waals surface area contributed by atoms with Crippen LogP contribution in [0.15, 0.2) is 65.7 Å². The van der Waals surface area contributed by atoms with E-state index in [1.165, 1.54) is 21.3 Å². The Labute approximate surface area is 245 Å². The van der Waals surface area contributed by atoms with Crippen molar-refractivity contribution in [2.24, 2.45) is 7.05 Å². The van der Waals surface area contributed by atoms with Gasteiger partial charge in [-0.2, -0.15) is 0 Å². The number of ether oxygens (including phenoxy) is 1. The zero-order chi connectivity index (χ0) is 29.5. The van der Waals surface area contributed by atoms with Crippen LogP contribution in [-0.2, 0) is 7.05 Å². The first kappa shape index (κ1) is 28.8. The van der Waals surface area contributed by atoms with Crippen molar-refractivity contribution in [1.29, 1.82) is 0 Å². The number of phenolic OH excluding ortho intramolecular Hbond substituents is 1. The predicted molar refractivity (Wildman–Crippen MR) is 163 cm³/mol. The Bertz CT molecular complexity index is 1630. The zero-order valence-electron chi connectivity index (χ0n) is 24.1. The van der Waals surface area contributed by atoms with E-state index in [0.29, 0.717) is 34.7 Å². The molecule has 5 rings (SSSR count). The number of nitrogens with zero attached hydrogens (tertiary/aromatic N) is 4. The first-order valence-electron chi connectivity index (χ1n) is 13.8. The fourth-order valence-electron chi connectivity index (χ4n) is 5.41. The minimum atomic E-state index is -0.491. The highest BCUT2D eigenvalue weighted by Gasteiger charge is 2.26. The number of aryl methyl sites for hydroxylation is 1. The van der Waals surface area contributed by atoms with Crippen LogP contribution >= 0.6 is 11.6 Å². The van der Waals surface area contributed by atoms with Crippen LogP contribution in [0.3, 0.4) is 0 Å². The van der Waals surface area contributed by atoms with Crippen LogP contribution in [0.4, 0.5) is 10.1 Å². The first-order valence-corrected chi connectivity index (χ1v) is 14.2. The summed E-state index contributed by atoms with van der Waals surface area (Å²) in [7, 11) is 1.65. The summed E-state index contributed by atoms with van der Waals surface area (Å²) in [4.78, 5) is 17.4. The van der Waals surface area contributed by atoms with Crippen LogP contribution in [0.5, 0.6) is 11.5 Å². The number of anilines is 1. The van der Waals surface area contributed by atoms with Gasteiger partial charge in [-0.05, 0) is 75.2 Å². The molecule has 0 saturated carbocycles. The summed E-state index contributed by atoms with van der Waals surface area (Å²) in [5, 5.41) is 11.7. The Morgan fingerprint density at radius 3 is 2.27 bits per heavy atom. The first-order chi connectivity index (χ1) is 19.5. The van der Waals surface area contributed by atoms with Crippen molar-refractivity contribution >= 4 is 17.3 Å². The molecule has 0 aliphatic carbocycles. The summed E-state index contributed by atoms with van der Waals surface area (Å²) >= 11 is 6.70. The van der Waals surface area contributed by atoms with Crippen molar-refractivity contribution in [3.05, 3.63) is 82.2 Å². The second-order valence-electron chi connectivity index (χ2n) is 11.3. The van der Waals surface area contributed by atoms with Gasteiger partial charge in [0, 0.05) is 68.0 Å². The van der Waals surface area contributed by atoms with Gasteiger partial charge in [0.15, 0.2) is 0 Å². The summed E-state index contributed by atoms with van der Waals surface area (Å²) in [6.45, 7) is 12.5. The molecule has 1 aromatic heterocycles. The van der Waals surface area contributed by atoms with Crippen molar-refractivity contribution in [3.8, 4) is 39.4 Å². The number of imidazole rings is 1. The normalized spacial score (nSPS) is 14.5. The lowest BCUT2D eigenvalue weighted by Crippen LogP contribution is -2.53. The molecule has 2 heterocycles. The fraction of sp³-hybridized carbons (Fsp3) is 0.344. The largest absolute Gasteiger partial charge is 0.507 e. The maximum absolute atomic E-state index is 15.1. The smallest absolute Gasteiger partial charge is 0.332 e. The predicted octanol–water partition coefficient (Wildman–Crippen LogP) is 6.33. The topological polar surface area (TPSA) is 62.9 Å². The Kier molecular flexibility index (Phi) is 7.90. The van der Waals surface area contributed by atoms with Crippen LogP contribution in [0.25, 0.3) is 27.9 Å². The van der Waals surface area contributed by atoms with E-state index in [0.717, 1.165) is 31.9 Å². The summed E-state index contributed by atoms with van der Waals surface area (Å²) < 4.78 is 23.8. The lowest BCUT2D eigenvalue weighted by Gasteiger charge is -2.43. The number of hydrogen-bond donors (Lipinski definition) is 1. The summed E-state index contributed by atoms with van der Waals surface area (Å²) in [5.74, 6) is -0.205. The SMILES string of the molecule is CCOc1cc(-c2cc(F)cc(-c3cccc(N4CCN(C(C)(C)C)CC4)c3)c2O)cc(Cl)c1-n1ccn(C)c1=O. The van der Waals surface area contributed by atoms with Crippen molar-refractivity contribution in [2.45, 2.75) is 33.2 Å². The number of aromatic nitrogens is 2. The van der Waals surface area contributed by atoms with Gasteiger partial charge in [-0.15, -0.1) is 0 Å². The van der Waals surface area contributed by atoms with Crippen molar-refractivity contribution in [1.82, 2.24) is 14.0 Å². The molecule has 0 amide bonds. The van der Waals surface area contributed by atoms with Gasteiger partial charge in [-0.1, -0.05) is 23.7 Å². The van der Waals surface area contributed by atoms with Crippen molar-refractivity contribution in [2.75, 3.05) is 37.7 Å². The van der Waals surface area contributed by atoms with Gasteiger partial charge in [0.2, 0.25) is 0 Å². The Morgan fingerprint density at radius 2 is 1.66 bits per heavy atom. The van der Waals surface area contributed by atoms with E-state index >= 15 is 4.39 Å². The molecule has 0 bridgehead atoms. The standard InChI is InChI=1S/C32H36ClFN4O3/c1-6-41-28-18-22(17-27(33)29(28)38-15-10-35(5)31(38)40)26-20-23(34)19-25(30(26)39)21-8-7-9-24(16-21)36-11-13-37(14-12-36)32(2,3)4/h7-10,15-20,39H,6,11-14H2,1-5H3. The Balaban J connectivity index is 1.53. The number of benzene rings is 3. The van der Waals surface area contributed by atoms with E-state index in [1.54, 1.807) is 31.6 Å². The maximum Gasteiger partial charge on any atom is 0.332 e. The monoisotopic (exact) mass is 578 g/mol. The quantitative estimate of drug-likeness (QED) is 0.290. The summed E-state index contributed by atoms with van der Waals surface area (Å²) in [6, 6.07) is 13.8. The second kappa shape index (κ2) is 11.3. The maximum atomic E-state index is 15.1. The van der Waals surface area contributed by atoms with E-state index in [9.17, 15) is 9.90 Å². The molecule has 0 atom stereocenters. The van der Waals surface area contributed by atoms with Crippen LogP contribution in [0, 0.1) is 5.82 Å². The molecular weight excluding hydrogens is 543 g/mol. The van der Waals surface area contributed by atoms with Crippen LogP contribution in [-0.4, -0.2) is 57.5 Å². The molecule has 7 nitrogen and oxygen atoms in total. The lowest BCUT2D eigenvalue weighted by atomic mass is 9.96. The number of piperazine rings is 1. The van der Waals surface area contributed by atoms with Gasteiger partial charge in [-0.3, -0.25) is 9.47 Å². The minimum Gasteiger partial charge on any atom is -0.507 e. The van der Waals surface area contributed by atoms with Gasteiger partial charge in [0.05, 0.1) is 11.6 Å². The molecule has 0 unspecified atom stereocenters. The summed E-state index contributed by atoms with van der Waals surface area (Å²) in [6.07, 6.45) is 3.24. The average Bonchev–Trinajstić information content (AvgIpc) is 3.26. The molecule has 0 radical (unpaired) electrons. The number of hydrogen-bond acceptors (Lipinski definition) is 5. The molecule has 3 aromatic carbocycles. The van der Waals surface area contributed by atoms with Crippen molar-refractivity contribution in [3.63, 3.8) is 0 Å². The average molecular weight is 579 g/mol. The van der Waals surface area contributed by atoms with Crippen molar-refractivity contribution < 1.29 is 14.2 Å². The molecule has 1 N–H and O–H groups in total. The highest BCUT2D eigenvalue weighted by atomic mass is 35.5. The molecule has 0 spiro atoms. The van der Waals surface area contributed by atoms with E-state index in [2.05, 4.69) is 30.6 Å². The Hall–Kier alpha value is -3.75. The van der Waals surface area contributed by atoms with E-state index in [-0.39, 0.29) is 27.6 Å². The summed E-state index contributed by atoms with van der Waals surface area (Å²) in [5.41, 5.74) is 3.10. The van der Waals surface area contributed by atoms with Gasteiger partial charge in [-0.25, -0.2) is 9.18 Å². The molecule has 1 fully saturated rings. The van der Waals surface area contributed by atoms with E-state index in [4.69, 9.17) is 16.3 Å². The molecule has 216 valence electrons. The third kappa shape index (κ3) is 5.72. The van der Waals surface area contributed by atoms with Crippen LogP contribution in [0.2, 0.25) is 5.02 Å². The van der Waals surface area contributed by atoms with E-state index in [1.807, 2.05) is 31.2 Å². The molecule has 1 aliphatic heterocycles.